The summed E-state index contributed by atoms with van der Waals surface area (Å²) in [4.78, 5) is 10.8. The molecule has 2 atom stereocenters. The number of rotatable bonds is 2. The average molecular weight is 288 g/mol. The molecule has 1 aliphatic heterocycles. The zero-order chi connectivity index (χ0) is 10.8. The van der Waals surface area contributed by atoms with Crippen LogP contribution in [0, 0.1) is 0 Å². The van der Waals surface area contributed by atoms with Gasteiger partial charge >= 0.3 is 5.97 Å². The molecular formula is C10H10BrNO2S. The van der Waals surface area contributed by atoms with Gasteiger partial charge in [0.2, 0.25) is 0 Å². The lowest BCUT2D eigenvalue weighted by Crippen LogP contribution is -2.33. The van der Waals surface area contributed by atoms with E-state index in [0.29, 0.717) is 5.75 Å². The molecule has 0 aromatic heterocycles. The Morgan fingerprint density at radius 1 is 1.53 bits per heavy atom. The SMILES string of the molecule is O=C(O)[C@H]1CSC(c2ccccc2Br)N1. The van der Waals surface area contributed by atoms with Crippen molar-refractivity contribution in [3.05, 3.63) is 34.3 Å². The number of nitrogens with one attached hydrogen (secondary N) is 1. The molecule has 0 amide bonds. The Morgan fingerprint density at radius 3 is 2.87 bits per heavy atom. The molecule has 1 saturated heterocycles. The van der Waals surface area contributed by atoms with E-state index in [1.54, 1.807) is 11.8 Å². The van der Waals surface area contributed by atoms with Gasteiger partial charge in [-0.05, 0) is 11.6 Å². The van der Waals surface area contributed by atoms with Crippen LogP contribution >= 0.6 is 27.7 Å². The van der Waals surface area contributed by atoms with Gasteiger partial charge in [0.15, 0.2) is 0 Å². The van der Waals surface area contributed by atoms with Crippen LogP contribution in [-0.4, -0.2) is 22.9 Å². The molecule has 0 saturated carbocycles. The van der Waals surface area contributed by atoms with Crippen molar-refractivity contribution in [2.24, 2.45) is 0 Å². The van der Waals surface area contributed by atoms with Gasteiger partial charge in [0.25, 0.3) is 0 Å². The fourth-order valence-corrected chi connectivity index (χ4v) is 3.42. The summed E-state index contributed by atoms with van der Waals surface area (Å²) >= 11 is 5.09. The fourth-order valence-electron chi connectivity index (χ4n) is 1.48. The third kappa shape index (κ3) is 2.35. The summed E-state index contributed by atoms with van der Waals surface area (Å²) in [5.74, 6) is -0.168. The largest absolute Gasteiger partial charge is 0.480 e. The second kappa shape index (κ2) is 4.55. The summed E-state index contributed by atoms with van der Waals surface area (Å²) in [5.41, 5.74) is 1.10. The van der Waals surface area contributed by atoms with Crippen molar-refractivity contribution in [2.75, 3.05) is 5.75 Å². The molecular weight excluding hydrogens is 278 g/mol. The third-order valence-electron chi connectivity index (χ3n) is 2.27. The standard InChI is InChI=1S/C10H10BrNO2S/c11-7-4-2-1-3-6(7)9-12-8(5-15-9)10(13)14/h1-4,8-9,12H,5H2,(H,13,14)/t8-,9?/m1/s1. The van der Waals surface area contributed by atoms with Gasteiger partial charge in [0, 0.05) is 10.2 Å². The summed E-state index contributed by atoms with van der Waals surface area (Å²) in [6.07, 6.45) is 0. The predicted octanol–water partition coefficient (Wildman–Crippen LogP) is 2.24. The van der Waals surface area contributed by atoms with Gasteiger partial charge in [-0.3, -0.25) is 10.1 Å². The van der Waals surface area contributed by atoms with E-state index in [1.807, 2.05) is 24.3 Å². The monoisotopic (exact) mass is 287 g/mol. The number of aliphatic carboxylic acids is 1. The van der Waals surface area contributed by atoms with Crippen LogP contribution in [0.2, 0.25) is 0 Å². The number of carboxylic acid groups (broad SMARTS) is 1. The van der Waals surface area contributed by atoms with Gasteiger partial charge in [0.1, 0.15) is 6.04 Å². The fraction of sp³-hybridized carbons (Fsp3) is 0.300. The maximum atomic E-state index is 10.8. The van der Waals surface area contributed by atoms with E-state index in [-0.39, 0.29) is 5.37 Å². The predicted molar refractivity (Wildman–Crippen MR) is 63.9 cm³/mol. The molecule has 0 aliphatic carbocycles. The van der Waals surface area contributed by atoms with Crippen molar-refractivity contribution < 1.29 is 9.90 Å². The first-order valence-corrected chi connectivity index (χ1v) is 6.37. The zero-order valence-corrected chi connectivity index (χ0v) is 10.2. The summed E-state index contributed by atoms with van der Waals surface area (Å²) in [7, 11) is 0. The molecule has 0 spiro atoms. The highest BCUT2D eigenvalue weighted by Gasteiger charge is 2.30. The first kappa shape index (κ1) is 11.0. The number of benzene rings is 1. The minimum Gasteiger partial charge on any atom is -0.480 e. The lowest BCUT2D eigenvalue weighted by molar-refractivity contribution is -0.138. The second-order valence-electron chi connectivity index (χ2n) is 3.29. The molecule has 2 rings (SSSR count). The average Bonchev–Trinajstić information content (AvgIpc) is 2.67. The lowest BCUT2D eigenvalue weighted by atomic mass is 10.2. The Balaban J connectivity index is 2.14. The van der Waals surface area contributed by atoms with Crippen LogP contribution in [0.3, 0.4) is 0 Å². The zero-order valence-electron chi connectivity index (χ0n) is 7.81. The van der Waals surface area contributed by atoms with Gasteiger partial charge in [0.05, 0.1) is 5.37 Å². The van der Waals surface area contributed by atoms with Gasteiger partial charge in [-0.25, -0.2) is 0 Å². The first-order valence-electron chi connectivity index (χ1n) is 4.53. The topological polar surface area (TPSA) is 49.3 Å². The van der Waals surface area contributed by atoms with Crippen LogP contribution in [0.5, 0.6) is 0 Å². The maximum Gasteiger partial charge on any atom is 0.321 e. The summed E-state index contributed by atoms with van der Waals surface area (Å²) in [6.45, 7) is 0. The molecule has 1 fully saturated rings. The highest BCUT2D eigenvalue weighted by molar-refractivity contribution is 9.10. The molecule has 1 aliphatic rings. The van der Waals surface area contributed by atoms with Gasteiger partial charge in [-0.1, -0.05) is 34.1 Å². The van der Waals surface area contributed by atoms with Crippen LogP contribution < -0.4 is 5.32 Å². The van der Waals surface area contributed by atoms with Crippen molar-refractivity contribution >= 4 is 33.7 Å². The number of hydrogen-bond donors (Lipinski definition) is 2. The Morgan fingerprint density at radius 2 is 2.27 bits per heavy atom. The van der Waals surface area contributed by atoms with E-state index >= 15 is 0 Å². The summed E-state index contributed by atoms with van der Waals surface area (Å²) in [5, 5.41) is 12.0. The molecule has 1 aromatic carbocycles. The van der Waals surface area contributed by atoms with Crippen LogP contribution in [0.4, 0.5) is 0 Å². The van der Waals surface area contributed by atoms with Crippen LogP contribution in [0.15, 0.2) is 28.7 Å². The molecule has 1 aromatic rings. The number of carboxylic acids is 1. The van der Waals surface area contributed by atoms with Gasteiger partial charge in [-0.15, -0.1) is 11.8 Å². The third-order valence-corrected chi connectivity index (χ3v) is 4.24. The molecule has 3 nitrogen and oxygen atoms in total. The van der Waals surface area contributed by atoms with Crippen molar-refractivity contribution in [3.8, 4) is 0 Å². The Kier molecular flexibility index (Phi) is 3.33. The maximum absolute atomic E-state index is 10.8. The number of halogens is 1. The van der Waals surface area contributed by atoms with E-state index in [2.05, 4.69) is 21.2 Å². The van der Waals surface area contributed by atoms with E-state index < -0.39 is 12.0 Å². The van der Waals surface area contributed by atoms with Gasteiger partial charge < -0.3 is 5.11 Å². The summed E-state index contributed by atoms with van der Waals surface area (Å²) in [6, 6.07) is 7.43. The van der Waals surface area contributed by atoms with E-state index in [4.69, 9.17) is 5.11 Å². The van der Waals surface area contributed by atoms with Crippen LogP contribution in [0.1, 0.15) is 10.9 Å². The Bertz CT molecular complexity index is 385. The Hall–Kier alpha value is -0.520. The molecule has 0 radical (unpaired) electrons. The van der Waals surface area contributed by atoms with E-state index in [9.17, 15) is 4.79 Å². The number of carbonyl (C=O) groups is 1. The van der Waals surface area contributed by atoms with Crippen LogP contribution in [-0.2, 0) is 4.79 Å². The first-order chi connectivity index (χ1) is 7.18. The quantitative estimate of drug-likeness (QED) is 0.876. The van der Waals surface area contributed by atoms with Crippen molar-refractivity contribution in [1.82, 2.24) is 5.32 Å². The minimum atomic E-state index is -0.781. The van der Waals surface area contributed by atoms with Crippen molar-refractivity contribution in [1.29, 1.82) is 0 Å². The number of thioether (sulfide) groups is 1. The van der Waals surface area contributed by atoms with E-state index in [1.165, 1.54) is 0 Å². The van der Waals surface area contributed by atoms with Crippen LogP contribution in [0.25, 0.3) is 0 Å². The minimum absolute atomic E-state index is 0.0710. The van der Waals surface area contributed by atoms with Gasteiger partial charge in [-0.2, -0.15) is 0 Å². The molecule has 5 heteroatoms. The highest BCUT2D eigenvalue weighted by Crippen LogP contribution is 2.36. The molecule has 0 bridgehead atoms. The molecule has 2 N–H and O–H groups in total. The lowest BCUT2D eigenvalue weighted by Gasteiger charge is -2.12. The smallest absolute Gasteiger partial charge is 0.321 e. The molecule has 1 unspecified atom stereocenters. The second-order valence-corrected chi connectivity index (χ2v) is 5.28. The molecule has 15 heavy (non-hydrogen) atoms. The summed E-state index contributed by atoms with van der Waals surface area (Å²) < 4.78 is 1.01. The number of hydrogen-bond acceptors (Lipinski definition) is 3. The highest BCUT2D eigenvalue weighted by atomic mass is 79.9. The van der Waals surface area contributed by atoms with E-state index in [0.717, 1.165) is 10.0 Å². The molecule has 1 heterocycles. The molecule has 80 valence electrons. The van der Waals surface area contributed by atoms with Crippen molar-refractivity contribution in [3.63, 3.8) is 0 Å². The normalized spacial score (nSPS) is 25.4. The van der Waals surface area contributed by atoms with Crippen molar-refractivity contribution in [2.45, 2.75) is 11.4 Å². The Labute approximate surface area is 100 Å².